The lowest BCUT2D eigenvalue weighted by molar-refractivity contribution is -0.143. The number of amides is 2. The van der Waals surface area contributed by atoms with Crippen LogP contribution in [0.3, 0.4) is 0 Å². The van der Waals surface area contributed by atoms with Gasteiger partial charge in [0.25, 0.3) is 5.91 Å². The molecule has 0 aliphatic carbocycles. The molecule has 2 saturated heterocycles. The Bertz CT molecular complexity index is 1680. The number of nitrogen functional groups attached to an aromatic ring is 1. The third-order valence-electron chi connectivity index (χ3n) is 7.82. The highest BCUT2D eigenvalue weighted by molar-refractivity contribution is 6.04. The molecule has 14 heteroatoms. The van der Waals surface area contributed by atoms with Gasteiger partial charge < -0.3 is 20.7 Å². The van der Waals surface area contributed by atoms with Crippen molar-refractivity contribution in [2.24, 2.45) is 7.05 Å². The maximum absolute atomic E-state index is 13.1. The lowest BCUT2D eigenvalue weighted by atomic mass is 9.92. The highest BCUT2D eigenvalue weighted by Gasteiger charge is 2.39. The summed E-state index contributed by atoms with van der Waals surface area (Å²) in [4.78, 5) is 36.5. The van der Waals surface area contributed by atoms with Gasteiger partial charge in [0.1, 0.15) is 34.3 Å². The van der Waals surface area contributed by atoms with Crippen LogP contribution >= 0.6 is 0 Å². The van der Waals surface area contributed by atoms with Crippen LogP contribution < -0.4 is 15.8 Å². The SMILES string of the molecule is COc1cc(C(=O)Nc2cc(C(F)(F)F)n(C)n2)ccc1-c1nc([C@@H]2CCC3CCC(=O)N3C2)n2ccnc(N)c12. The molecule has 2 atom stereocenters. The summed E-state index contributed by atoms with van der Waals surface area (Å²) in [5.41, 5.74) is 7.10. The lowest BCUT2D eigenvalue weighted by Crippen LogP contribution is -2.41. The first-order valence-corrected chi connectivity index (χ1v) is 13.1. The number of benzene rings is 1. The van der Waals surface area contributed by atoms with E-state index in [9.17, 15) is 22.8 Å². The van der Waals surface area contributed by atoms with E-state index in [0.29, 0.717) is 40.2 Å². The number of nitrogens with zero attached hydrogens (tertiary/aromatic N) is 6. The Hall–Kier alpha value is -4.62. The molecule has 3 aromatic heterocycles. The van der Waals surface area contributed by atoms with Gasteiger partial charge in [-0.05, 0) is 37.5 Å². The van der Waals surface area contributed by atoms with Crippen molar-refractivity contribution in [2.75, 3.05) is 24.7 Å². The Morgan fingerprint density at radius 2 is 2.00 bits per heavy atom. The Morgan fingerprint density at radius 1 is 1.20 bits per heavy atom. The number of aromatic nitrogens is 5. The monoisotopic (exact) mass is 568 g/mol. The number of fused-ring (bicyclic) bond motifs is 2. The summed E-state index contributed by atoms with van der Waals surface area (Å²) in [6.07, 6.45) is 1.99. The number of ether oxygens (including phenoxy) is 1. The predicted molar refractivity (Wildman–Crippen MR) is 142 cm³/mol. The van der Waals surface area contributed by atoms with E-state index in [1.54, 1.807) is 18.5 Å². The molecule has 0 radical (unpaired) electrons. The average Bonchev–Trinajstić information content (AvgIpc) is 3.63. The van der Waals surface area contributed by atoms with E-state index in [-0.39, 0.29) is 35.1 Å². The molecule has 6 rings (SSSR count). The fraction of sp³-hybridized carbons (Fsp3) is 0.370. The maximum atomic E-state index is 13.1. The number of hydrogen-bond donors (Lipinski definition) is 2. The average molecular weight is 569 g/mol. The molecule has 0 bridgehead atoms. The van der Waals surface area contributed by atoms with Crippen LogP contribution in [0.5, 0.6) is 5.75 Å². The van der Waals surface area contributed by atoms with Gasteiger partial charge in [-0.3, -0.25) is 18.7 Å². The van der Waals surface area contributed by atoms with Crippen molar-refractivity contribution >= 4 is 29.0 Å². The van der Waals surface area contributed by atoms with E-state index in [4.69, 9.17) is 15.5 Å². The van der Waals surface area contributed by atoms with Crippen LogP contribution in [0.4, 0.5) is 24.8 Å². The summed E-state index contributed by atoms with van der Waals surface area (Å²) >= 11 is 0. The summed E-state index contributed by atoms with van der Waals surface area (Å²) in [7, 11) is 2.59. The molecule has 1 unspecified atom stereocenters. The summed E-state index contributed by atoms with van der Waals surface area (Å²) in [6, 6.07) is 5.69. The minimum absolute atomic E-state index is 0.00708. The molecule has 41 heavy (non-hydrogen) atoms. The topological polar surface area (TPSA) is 133 Å². The molecule has 5 heterocycles. The van der Waals surface area contributed by atoms with E-state index in [2.05, 4.69) is 15.4 Å². The molecule has 214 valence electrons. The zero-order chi connectivity index (χ0) is 29.1. The van der Waals surface area contributed by atoms with Gasteiger partial charge in [-0.25, -0.2) is 9.97 Å². The van der Waals surface area contributed by atoms with Gasteiger partial charge in [-0.1, -0.05) is 0 Å². The largest absolute Gasteiger partial charge is 0.496 e. The number of rotatable bonds is 5. The number of nitrogens with two attached hydrogens (primary N) is 1. The second kappa shape index (κ2) is 9.78. The molecule has 3 N–H and O–H groups in total. The number of hydrogen-bond acceptors (Lipinski definition) is 7. The van der Waals surface area contributed by atoms with Gasteiger partial charge in [0.15, 0.2) is 5.82 Å². The zero-order valence-corrected chi connectivity index (χ0v) is 22.3. The van der Waals surface area contributed by atoms with E-state index in [0.717, 1.165) is 38.2 Å². The second-order valence-corrected chi connectivity index (χ2v) is 10.3. The third kappa shape index (κ3) is 4.62. The number of carbonyl (C=O) groups is 2. The first kappa shape index (κ1) is 26.6. The minimum atomic E-state index is -4.61. The van der Waals surface area contributed by atoms with Gasteiger partial charge in [-0.2, -0.15) is 18.3 Å². The first-order chi connectivity index (χ1) is 19.5. The lowest BCUT2D eigenvalue weighted by Gasteiger charge is -2.34. The van der Waals surface area contributed by atoms with Crippen LogP contribution in [-0.2, 0) is 18.0 Å². The zero-order valence-electron chi connectivity index (χ0n) is 22.3. The molecule has 0 spiro atoms. The standard InChI is InChI=1S/C27H27F3N8O3/c1-36-19(27(28,29)30)12-20(35-36)33-26(40)14-4-7-17(18(11-14)41-2)22-23-24(31)32-9-10-37(23)25(34-22)15-3-5-16-6-8-21(39)38(16)13-15/h4,7,9-12,15-16H,3,5-6,8,13H2,1-2H3,(H2,31,32)(H,33,35,40)/t15-,16?/m1/s1. The van der Waals surface area contributed by atoms with Crippen molar-refractivity contribution in [3.05, 3.63) is 53.7 Å². The molecular weight excluding hydrogens is 541 g/mol. The number of carbonyl (C=O) groups excluding carboxylic acids is 2. The predicted octanol–water partition coefficient (Wildman–Crippen LogP) is 3.86. The van der Waals surface area contributed by atoms with Gasteiger partial charge in [0.05, 0.1) is 7.11 Å². The van der Waals surface area contributed by atoms with E-state index in [1.807, 2.05) is 9.30 Å². The summed E-state index contributed by atoms with van der Waals surface area (Å²) in [5.74, 6) is 0.578. The highest BCUT2D eigenvalue weighted by Crippen LogP contribution is 2.40. The van der Waals surface area contributed by atoms with Gasteiger partial charge >= 0.3 is 6.18 Å². The number of imidazole rings is 1. The van der Waals surface area contributed by atoms with Crippen LogP contribution in [0, 0.1) is 0 Å². The number of methoxy groups -OCH3 is 1. The number of aryl methyl sites for hydroxylation is 1. The van der Waals surface area contributed by atoms with Gasteiger partial charge in [-0.15, -0.1) is 0 Å². The third-order valence-corrected chi connectivity index (χ3v) is 7.82. The number of halogens is 3. The fourth-order valence-electron chi connectivity index (χ4n) is 5.85. The molecule has 2 aliphatic rings. The number of piperidine rings is 1. The van der Waals surface area contributed by atoms with Crippen molar-refractivity contribution in [3.8, 4) is 17.0 Å². The molecule has 2 fully saturated rings. The number of anilines is 2. The van der Waals surface area contributed by atoms with E-state index >= 15 is 0 Å². The van der Waals surface area contributed by atoms with Crippen molar-refractivity contribution in [1.29, 1.82) is 0 Å². The summed E-state index contributed by atoms with van der Waals surface area (Å²) < 4.78 is 47.6. The Balaban J connectivity index is 1.34. The van der Waals surface area contributed by atoms with Crippen molar-refractivity contribution in [2.45, 2.75) is 43.8 Å². The maximum Gasteiger partial charge on any atom is 0.433 e. The quantitative estimate of drug-likeness (QED) is 0.374. The molecule has 1 aromatic carbocycles. The van der Waals surface area contributed by atoms with Crippen molar-refractivity contribution in [1.82, 2.24) is 29.0 Å². The van der Waals surface area contributed by atoms with E-state index < -0.39 is 17.8 Å². The molecule has 0 saturated carbocycles. The van der Waals surface area contributed by atoms with Crippen LogP contribution in [0.1, 0.15) is 53.5 Å². The van der Waals surface area contributed by atoms with E-state index in [1.165, 1.54) is 19.2 Å². The van der Waals surface area contributed by atoms with Crippen LogP contribution in [0.2, 0.25) is 0 Å². The summed E-state index contributed by atoms with van der Waals surface area (Å²) in [5, 5.41) is 6.14. The normalized spacial score (nSPS) is 19.0. The molecule has 2 aliphatic heterocycles. The molecular formula is C27H27F3N8O3. The molecule has 2 amide bonds. The molecule has 11 nitrogen and oxygen atoms in total. The van der Waals surface area contributed by atoms with Crippen LogP contribution in [0.25, 0.3) is 16.8 Å². The van der Waals surface area contributed by atoms with Crippen molar-refractivity contribution < 1.29 is 27.5 Å². The first-order valence-electron chi connectivity index (χ1n) is 13.1. The van der Waals surface area contributed by atoms with Gasteiger partial charge in [0, 0.05) is 61.6 Å². The van der Waals surface area contributed by atoms with Gasteiger partial charge in [0.2, 0.25) is 5.91 Å². The van der Waals surface area contributed by atoms with Crippen LogP contribution in [0.15, 0.2) is 36.7 Å². The Morgan fingerprint density at radius 3 is 2.73 bits per heavy atom. The number of nitrogens with one attached hydrogen (secondary N) is 1. The number of alkyl halides is 3. The highest BCUT2D eigenvalue weighted by atomic mass is 19.4. The molecule has 4 aromatic rings. The Kier molecular flexibility index (Phi) is 6.35. The second-order valence-electron chi connectivity index (χ2n) is 10.3. The minimum Gasteiger partial charge on any atom is -0.496 e. The smallest absolute Gasteiger partial charge is 0.433 e. The fourth-order valence-corrected chi connectivity index (χ4v) is 5.85. The Labute approximate surface area is 232 Å². The van der Waals surface area contributed by atoms with Crippen LogP contribution in [-0.4, -0.2) is 60.6 Å². The summed E-state index contributed by atoms with van der Waals surface area (Å²) in [6.45, 7) is 0.574. The van der Waals surface area contributed by atoms with Crippen molar-refractivity contribution in [3.63, 3.8) is 0 Å².